The smallest absolute Gasteiger partial charge is 0.274 e. The first kappa shape index (κ1) is 24.9. The first-order valence-corrected chi connectivity index (χ1v) is 10.4. The lowest BCUT2D eigenvalue weighted by molar-refractivity contribution is 0.197. The number of aromatic amines is 1. The molecule has 30 heavy (non-hydrogen) atoms. The molecule has 0 aliphatic carbocycles. The number of H-pyrrole nitrogens is 1. The summed E-state index contributed by atoms with van der Waals surface area (Å²) in [6.07, 6.45) is 16.4. The fourth-order valence-corrected chi connectivity index (χ4v) is 2.34. The van der Waals surface area contributed by atoms with Gasteiger partial charge in [-0.2, -0.15) is 9.50 Å². The molecule has 6 nitrogen and oxygen atoms in total. The summed E-state index contributed by atoms with van der Waals surface area (Å²) in [5, 5.41) is 3.00. The lowest BCUT2D eigenvalue weighted by Gasteiger charge is -2.04. The Bertz CT molecular complexity index is 975. The predicted molar refractivity (Wildman–Crippen MR) is 125 cm³/mol. The van der Waals surface area contributed by atoms with Crippen molar-refractivity contribution >= 4 is 11.4 Å². The Hall–Kier alpha value is -3.15. The van der Waals surface area contributed by atoms with Crippen molar-refractivity contribution in [1.29, 1.82) is 0 Å². The van der Waals surface area contributed by atoms with Gasteiger partial charge in [0.25, 0.3) is 11.3 Å². The van der Waals surface area contributed by atoms with Crippen molar-refractivity contribution < 1.29 is 4.74 Å². The summed E-state index contributed by atoms with van der Waals surface area (Å²) in [7, 11) is 0. The summed E-state index contributed by atoms with van der Waals surface area (Å²) in [6.45, 7) is 14.1. The number of nitrogens with zero attached hydrogens (tertiary/aromatic N) is 3. The van der Waals surface area contributed by atoms with Gasteiger partial charge in [-0.15, -0.1) is 0 Å². The van der Waals surface area contributed by atoms with Crippen LogP contribution in [0.4, 0.5) is 0 Å². The molecule has 2 aromatic heterocycles. The summed E-state index contributed by atoms with van der Waals surface area (Å²) >= 11 is 0. The highest BCUT2D eigenvalue weighted by atomic mass is 16.5. The quantitative estimate of drug-likeness (QED) is 0.422. The predicted octanol–water partition coefficient (Wildman–Crippen LogP) is 5.76. The first-order chi connectivity index (χ1) is 14.5. The van der Waals surface area contributed by atoms with E-state index in [4.69, 9.17) is 4.74 Å². The largest absolute Gasteiger partial charge is 0.492 e. The third kappa shape index (κ3) is 8.07. The van der Waals surface area contributed by atoms with Gasteiger partial charge in [-0.25, -0.2) is 4.98 Å². The van der Waals surface area contributed by atoms with E-state index < -0.39 is 0 Å². The van der Waals surface area contributed by atoms with E-state index in [1.165, 1.54) is 17.0 Å². The molecule has 0 atom stereocenters. The highest BCUT2D eigenvalue weighted by Crippen LogP contribution is 2.13. The van der Waals surface area contributed by atoms with Crippen molar-refractivity contribution in [3.8, 4) is 0 Å². The standard InChI is InChI=1S/C21H26N4O2.C3H8/c1-5-8-10-12-16(4)27-15-18-14-19(26)25-21(22-18)23-20(24-25)17(11-7-3)13-9-6-2;1-3-2/h6,8-14H,2,5,7,15H2,1,3-4H3,(H,22,23,24);3H2,1-2H3/b10-8-,13-9-,16-12+,17-11+;. The molecule has 0 radical (unpaired) electrons. The third-order valence-electron chi connectivity index (χ3n) is 3.64. The van der Waals surface area contributed by atoms with Gasteiger partial charge in [0.2, 0.25) is 0 Å². The molecule has 6 heteroatoms. The van der Waals surface area contributed by atoms with Gasteiger partial charge in [0, 0.05) is 11.6 Å². The maximum absolute atomic E-state index is 12.4. The molecule has 2 aromatic rings. The van der Waals surface area contributed by atoms with Crippen molar-refractivity contribution in [2.45, 2.75) is 60.5 Å². The third-order valence-corrected chi connectivity index (χ3v) is 3.64. The fourth-order valence-electron chi connectivity index (χ4n) is 2.34. The van der Waals surface area contributed by atoms with Crippen molar-refractivity contribution in [3.63, 3.8) is 0 Å². The van der Waals surface area contributed by atoms with Gasteiger partial charge in [0.15, 0.2) is 5.82 Å². The number of fused-ring (bicyclic) bond motifs is 1. The summed E-state index contributed by atoms with van der Waals surface area (Å²) in [4.78, 5) is 21.3. The molecular weight excluding hydrogens is 376 g/mol. The van der Waals surface area contributed by atoms with Crippen LogP contribution in [-0.4, -0.2) is 19.6 Å². The topological polar surface area (TPSA) is 72.3 Å². The molecule has 2 heterocycles. The Balaban J connectivity index is 0.00000141. The number of hydrogen-bond donors (Lipinski definition) is 1. The average Bonchev–Trinajstić information content (AvgIpc) is 3.15. The van der Waals surface area contributed by atoms with Crippen LogP contribution >= 0.6 is 0 Å². The van der Waals surface area contributed by atoms with Crippen LogP contribution in [0.3, 0.4) is 0 Å². The highest BCUT2D eigenvalue weighted by Gasteiger charge is 2.10. The van der Waals surface area contributed by atoms with Crippen LogP contribution in [-0.2, 0) is 11.3 Å². The van der Waals surface area contributed by atoms with Gasteiger partial charge in [0.05, 0.1) is 11.5 Å². The van der Waals surface area contributed by atoms with E-state index >= 15 is 0 Å². The van der Waals surface area contributed by atoms with Crippen molar-refractivity contribution in [1.82, 2.24) is 19.6 Å². The molecule has 0 unspecified atom stereocenters. The minimum atomic E-state index is -0.228. The van der Waals surface area contributed by atoms with Crippen LogP contribution in [0.5, 0.6) is 0 Å². The molecule has 0 bridgehead atoms. The Labute approximate surface area is 179 Å². The second-order valence-corrected chi connectivity index (χ2v) is 6.57. The Kier molecular flexibility index (Phi) is 11.6. The molecule has 0 aliphatic heterocycles. The zero-order chi connectivity index (χ0) is 22.4. The van der Waals surface area contributed by atoms with Crippen LogP contribution in [0.1, 0.15) is 65.4 Å². The van der Waals surface area contributed by atoms with Gasteiger partial charge < -0.3 is 4.74 Å². The number of aromatic nitrogens is 4. The van der Waals surface area contributed by atoms with Crippen LogP contribution in [0.25, 0.3) is 11.4 Å². The van der Waals surface area contributed by atoms with Crippen LogP contribution in [0.2, 0.25) is 0 Å². The van der Waals surface area contributed by atoms with E-state index in [-0.39, 0.29) is 12.2 Å². The van der Waals surface area contributed by atoms with Crippen molar-refractivity contribution in [2.75, 3.05) is 0 Å². The monoisotopic (exact) mass is 410 g/mol. The molecule has 1 N–H and O–H groups in total. The summed E-state index contributed by atoms with van der Waals surface area (Å²) in [5.74, 6) is 1.66. The molecule has 0 saturated heterocycles. The molecular formula is C24H34N4O2. The van der Waals surface area contributed by atoms with Crippen LogP contribution in [0, 0.1) is 0 Å². The highest BCUT2D eigenvalue weighted by molar-refractivity contribution is 5.70. The number of nitrogens with one attached hydrogen (secondary N) is 1. The van der Waals surface area contributed by atoms with Crippen LogP contribution < -0.4 is 5.56 Å². The summed E-state index contributed by atoms with van der Waals surface area (Å²) < 4.78 is 6.98. The number of ether oxygens (including phenoxy) is 1. The van der Waals surface area contributed by atoms with Crippen molar-refractivity contribution in [3.05, 3.63) is 82.8 Å². The van der Waals surface area contributed by atoms with Crippen molar-refractivity contribution in [2.24, 2.45) is 0 Å². The zero-order valence-electron chi connectivity index (χ0n) is 18.8. The minimum Gasteiger partial charge on any atom is -0.492 e. The second kappa shape index (κ2) is 13.9. The molecule has 0 aromatic carbocycles. The molecule has 0 fully saturated rings. The fraction of sp³-hybridized carbons (Fsp3) is 0.375. The maximum atomic E-state index is 12.4. The van der Waals surface area contributed by atoms with Gasteiger partial charge in [-0.1, -0.05) is 77.2 Å². The second-order valence-electron chi connectivity index (χ2n) is 6.57. The number of rotatable bonds is 9. The molecule has 0 amide bonds. The number of hydrogen-bond acceptors (Lipinski definition) is 4. The normalized spacial score (nSPS) is 12.4. The van der Waals surface area contributed by atoms with E-state index in [0.717, 1.165) is 24.2 Å². The minimum absolute atomic E-state index is 0.213. The SMILES string of the molecule is C=C/C=C\C(=C/CC)c1nc2nc(CO/C(C)=C/C=C\CC)cc(=O)n2[nH]1.CCC. The average molecular weight is 411 g/mol. The summed E-state index contributed by atoms with van der Waals surface area (Å²) in [6, 6.07) is 1.45. The van der Waals surface area contributed by atoms with Gasteiger partial charge in [0.1, 0.15) is 6.61 Å². The molecule has 0 aliphatic rings. The van der Waals surface area contributed by atoms with Gasteiger partial charge in [-0.3, -0.25) is 9.89 Å². The maximum Gasteiger partial charge on any atom is 0.274 e. The van der Waals surface area contributed by atoms with Gasteiger partial charge in [-0.05, 0) is 25.8 Å². The Morgan fingerprint density at radius 3 is 2.57 bits per heavy atom. The number of allylic oxidation sites excluding steroid dienone is 9. The van der Waals surface area contributed by atoms with E-state index in [9.17, 15) is 4.79 Å². The Morgan fingerprint density at radius 2 is 1.93 bits per heavy atom. The van der Waals surface area contributed by atoms with E-state index in [0.29, 0.717) is 17.3 Å². The van der Waals surface area contributed by atoms with Crippen LogP contribution in [0.15, 0.2) is 65.7 Å². The molecule has 0 spiro atoms. The Morgan fingerprint density at radius 1 is 1.20 bits per heavy atom. The van der Waals surface area contributed by atoms with E-state index in [1.54, 1.807) is 6.08 Å². The van der Waals surface area contributed by atoms with E-state index in [2.05, 4.69) is 42.4 Å². The van der Waals surface area contributed by atoms with Gasteiger partial charge >= 0.3 is 0 Å². The zero-order valence-corrected chi connectivity index (χ0v) is 18.8. The first-order valence-electron chi connectivity index (χ1n) is 10.4. The lowest BCUT2D eigenvalue weighted by atomic mass is 10.2. The molecule has 2 rings (SSSR count). The lowest BCUT2D eigenvalue weighted by Crippen LogP contribution is -2.16. The summed E-state index contributed by atoms with van der Waals surface area (Å²) in [5.41, 5.74) is 1.18. The van der Waals surface area contributed by atoms with E-state index in [1.807, 2.05) is 50.3 Å². The molecule has 0 saturated carbocycles. The molecule has 162 valence electrons.